The molecule has 12 N–H and O–H groups in total. The van der Waals surface area contributed by atoms with Gasteiger partial charge in [0.25, 0.3) is 23.6 Å². The number of carboxylic acid groups (broad SMARTS) is 4. The molecule has 0 radical (unpaired) electrons. The summed E-state index contributed by atoms with van der Waals surface area (Å²) in [6.07, 6.45) is 12.6. The summed E-state index contributed by atoms with van der Waals surface area (Å²) >= 11 is 0. The van der Waals surface area contributed by atoms with E-state index in [1.54, 1.807) is 62.4 Å². The molecule has 2 saturated heterocycles. The van der Waals surface area contributed by atoms with Crippen LogP contribution in [-0.4, -0.2) is 151 Å². The molecule has 12 rings (SSSR count). The van der Waals surface area contributed by atoms with Crippen molar-refractivity contribution in [1.29, 1.82) is 0 Å². The molecule has 2 aliphatic heterocycles. The van der Waals surface area contributed by atoms with Gasteiger partial charge in [0.1, 0.15) is 0 Å². The summed E-state index contributed by atoms with van der Waals surface area (Å²) in [7, 11) is -8.01. The van der Waals surface area contributed by atoms with Crippen LogP contribution in [0.1, 0.15) is 188 Å². The molecule has 4 fully saturated rings. The fourth-order valence-electron chi connectivity index (χ4n) is 15.2. The molecule has 2 saturated carbocycles. The Morgan fingerprint density at radius 2 is 0.692 bits per heavy atom. The van der Waals surface area contributed by atoms with Gasteiger partial charge in [0, 0.05) is 85.2 Å². The van der Waals surface area contributed by atoms with Crippen molar-refractivity contribution in [3.05, 3.63) is 238 Å². The molecule has 2 aliphatic carbocycles. The summed E-state index contributed by atoms with van der Waals surface area (Å²) in [5.41, 5.74) is 8.41. The van der Waals surface area contributed by atoms with Crippen LogP contribution in [0, 0.1) is 11.8 Å². The summed E-state index contributed by atoms with van der Waals surface area (Å²) in [6.45, 7) is 7.31. The van der Waals surface area contributed by atoms with Crippen LogP contribution in [0.15, 0.2) is 192 Å². The molecule has 8 aromatic rings. The second kappa shape index (κ2) is 45.1. The largest absolute Gasteiger partial charge is 1.00 e. The summed E-state index contributed by atoms with van der Waals surface area (Å²) in [4.78, 5) is 105. The zero-order valence-corrected chi connectivity index (χ0v) is 71.9. The van der Waals surface area contributed by atoms with E-state index < -0.39 is 79.4 Å². The minimum absolute atomic E-state index is 0. The van der Waals surface area contributed by atoms with Gasteiger partial charge < -0.3 is 77.5 Å². The van der Waals surface area contributed by atoms with Crippen LogP contribution in [0.2, 0.25) is 0 Å². The zero-order valence-electron chi connectivity index (χ0n) is 66.3. The number of nitrogens with zero attached hydrogens (tertiary/aromatic N) is 4. The van der Waals surface area contributed by atoms with Gasteiger partial charge in [-0.2, -0.15) is 8.61 Å². The number of piperidine rings is 2. The number of carboxylic acids is 4. The predicted octanol–water partition coefficient (Wildman–Crippen LogP) is 3.50. The van der Waals surface area contributed by atoms with Gasteiger partial charge >= 0.3 is 71.1 Å². The van der Waals surface area contributed by atoms with Gasteiger partial charge in [-0.15, -0.1) is 0 Å². The van der Waals surface area contributed by atoms with Crippen LogP contribution in [0.25, 0.3) is 0 Å². The monoisotopic (exact) mass is 1660 g/mol. The van der Waals surface area contributed by atoms with Crippen molar-refractivity contribution in [2.45, 2.75) is 151 Å². The molecule has 8 aromatic carbocycles. The van der Waals surface area contributed by atoms with E-state index in [1.165, 1.54) is 81.4 Å². The number of sulfonamides is 2. The molecule has 4 amide bonds. The Balaban J connectivity index is 0.000000349. The number of benzene rings is 8. The van der Waals surface area contributed by atoms with Gasteiger partial charge in [0.15, 0.2) is 0 Å². The average Bonchev–Trinajstić information content (AvgIpc) is 0.802. The molecular weight excluding hydrogens is 1560 g/mol. The number of aromatic carboxylic acids is 2. The van der Waals surface area contributed by atoms with Crippen molar-refractivity contribution >= 4 is 102 Å². The zero-order chi connectivity index (χ0) is 79.6. The van der Waals surface area contributed by atoms with E-state index in [4.69, 9.17) is 0 Å². The molecule has 0 bridgehead atoms. The Morgan fingerprint density at radius 1 is 0.385 bits per heavy atom. The molecular formula is C86H100N8Na2O19S2. The van der Waals surface area contributed by atoms with Crippen LogP contribution in [0.5, 0.6) is 0 Å². The van der Waals surface area contributed by atoms with E-state index in [0.717, 1.165) is 98.3 Å². The van der Waals surface area contributed by atoms with E-state index in [0.29, 0.717) is 88.4 Å². The Kier molecular flexibility index (Phi) is 37.3. The molecule has 117 heavy (non-hydrogen) atoms. The number of anilines is 6. The number of carbonyl (C=O) groups is 8. The molecule has 2 heterocycles. The van der Waals surface area contributed by atoms with Crippen LogP contribution < -0.4 is 100 Å². The van der Waals surface area contributed by atoms with Crippen molar-refractivity contribution in [2.75, 3.05) is 70.3 Å². The van der Waals surface area contributed by atoms with E-state index in [2.05, 4.69) is 31.1 Å². The topological polar surface area (TPSA) is 447 Å². The van der Waals surface area contributed by atoms with Crippen molar-refractivity contribution in [3.8, 4) is 0 Å². The van der Waals surface area contributed by atoms with Gasteiger partial charge in [0.2, 0.25) is 20.0 Å². The standard InChI is InChI=1S/2C43H48N4O8S.2Na.3H2O/c2*1-2-47(35-21-17-32(18-22-35)43(52)53)56(54,55)37-8-6-7-33(27-37)40(48)45-39-24-23-36(46-25-4-3-5-26-46)28-38(39)41(49)44-34-19-13-30(14-20-34)10-9-29-11-15-31(16-12-29)42(50)51;;;;;/h2*6-8,11-16,19-20,23-24,27-28,32,35H,2-5,9-10,17-18,21-22,25-26H2,1H3,(H,44,49)(H,45,48)(H,50,51)(H,52,53);;;3*1H2/q;;2*+1;;;/p-2/t2*32-,35-;;;;;. The van der Waals surface area contributed by atoms with Crippen LogP contribution in [-0.2, 0) is 55.3 Å². The first-order chi connectivity index (χ1) is 53.8. The molecule has 0 spiro atoms. The van der Waals surface area contributed by atoms with Crippen molar-refractivity contribution in [1.82, 2.24) is 8.61 Å². The van der Waals surface area contributed by atoms with E-state index >= 15 is 0 Å². The number of hydrogen-bond donors (Lipinski definition) is 6. The van der Waals surface area contributed by atoms with Gasteiger partial charge in [-0.05, 0) is 246 Å². The summed E-state index contributed by atoms with van der Waals surface area (Å²) in [5, 5.41) is 52.5. The predicted molar refractivity (Wildman–Crippen MR) is 436 cm³/mol. The second-order valence-electron chi connectivity index (χ2n) is 28.9. The van der Waals surface area contributed by atoms with Gasteiger partial charge in [0.05, 0.1) is 56.1 Å². The quantitative estimate of drug-likeness (QED) is 0.0382. The third kappa shape index (κ3) is 25.4. The van der Waals surface area contributed by atoms with Crippen molar-refractivity contribution in [2.24, 2.45) is 11.8 Å². The summed E-state index contributed by atoms with van der Waals surface area (Å²) in [6, 6.07) is 49.8. The average molecular weight is 1660 g/mol. The minimum Gasteiger partial charge on any atom is -0.545 e. The van der Waals surface area contributed by atoms with E-state index in [-0.39, 0.29) is 155 Å². The maximum absolute atomic E-state index is 13.9. The molecule has 0 unspecified atom stereocenters. The maximum atomic E-state index is 13.9. The molecule has 31 heteroatoms. The fourth-order valence-corrected chi connectivity index (χ4v) is 18.7. The Bertz CT molecular complexity index is 4650. The number of hydrogen-bond acceptors (Lipinski definition) is 16. The molecule has 27 nitrogen and oxygen atoms in total. The van der Waals surface area contributed by atoms with Crippen molar-refractivity contribution < 1.29 is 151 Å². The van der Waals surface area contributed by atoms with E-state index in [1.807, 2.05) is 60.7 Å². The van der Waals surface area contributed by atoms with Crippen molar-refractivity contribution in [3.63, 3.8) is 0 Å². The SMILES string of the molecule is CCN([C@H]1CC[C@H](C(=O)O)CC1)S(=O)(=O)c1cccc(C(=O)Nc2ccc(N3CCCCC3)cc2C(=O)Nc2ccc(CCc3ccc(C(=O)[O-])cc3)cc2)c1.CCN([C@H]1CC[C@H](C(=O)O)CC1)S(=O)(=O)c1cccc(C(=O)Nc2ccc(N3CCCCC3)cc2C(=O)Nc2ccc(CCc3ccc(C(=O)[O-])cc3)cc2)c1.O.O.O.[Na+].[Na+]. The number of amides is 4. The first-order valence-electron chi connectivity index (χ1n) is 38.4. The molecule has 0 aromatic heterocycles. The number of rotatable bonds is 28. The van der Waals surface area contributed by atoms with Gasteiger partial charge in [-0.3, -0.25) is 28.8 Å². The first kappa shape index (κ1) is 96.7. The summed E-state index contributed by atoms with van der Waals surface area (Å²) in [5.74, 6) is -7.11. The molecule has 612 valence electrons. The van der Waals surface area contributed by atoms with Gasteiger partial charge in [-0.1, -0.05) is 98.8 Å². The third-order valence-electron chi connectivity index (χ3n) is 21.6. The summed E-state index contributed by atoms with van der Waals surface area (Å²) < 4.78 is 58.3. The second-order valence-corrected chi connectivity index (χ2v) is 32.7. The number of nitrogens with one attached hydrogen (secondary N) is 4. The Hall–Kier alpha value is -9.18. The Morgan fingerprint density at radius 3 is 0.983 bits per heavy atom. The smallest absolute Gasteiger partial charge is 0.545 e. The number of aliphatic carboxylic acids is 2. The molecule has 0 atom stereocenters. The number of aryl methyl sites for hydroxylation is 4. The van der Waals surface area contributed by atoms with Crippen LogP contribution in [0.3, 0.4) is 0 Å². The maximum Gasteiger partial charge on any atom is 1.00 e. The number of carbonyl (C=O) groups excluding carboxylic acids is 6. The normalized spacial score (nSPS) is 16.5. The van der Waals surface area contributed by atoms with Crippen LogP contribution >= 0.6 is 0 Å². The minimum atomic E-state index is -4.00. The van der Waals surface area contributed by atoms with Gasteiger partial charge in [-0.25, -0.2) is 16.8 Å². The Labute approximate surface area is 726 Å². The molecule has 4 aliphatic rings. The fraction of sp³-hybridized carbons (Fsp3) is 0.349. The van der Waals surface area contributed by atoms with Crippen LogP contribution in [0.4, 0.5) is 34.1 Å². The van der Waals surface area contributed by atoms with E-state index in [9.17, 15) is 75.6 Å². The first-order valence-corrected chi connectivity index (χ1v) is 41.2. The third-order valence-corrected chi connectivity index (χ3v) is 25.6.